The lowest BCUT2D eigenvalue weighted by Crippen LogP contribution is -2.29. The molecule has 8 nitrogen and oxygen atoms in total. The van der Waals surface area contributed by atoms with Crippen LogP contribution >= 0.6 is 24.0 Å². The van der Waals surface area contributed by atoms with Gasteiger partial charge in [-0.25, -0.2) is 0 Å². The minimum absolute atomic E-state index is 0. The van der Waals surface area contributed by atoms with Gasteiger partial charge < -0.3 is 10.6 Å². The van der Waals surface area contributed by atoms with Crippen molar-refractivity contribution >= 4 is 35.6 Å². The summed E-state index contributed by atoms with van der Waals surface area (Å²) in [5.41, 5.74) is 2.05. The van der Waals surface area contributed by atoms with Gasteiger partial charge in [-0.05, 0) is 38.1 Å². The van der Waals surface area contributed by atoms with Gasteiger partial charge in [0.15, 0.2) is 5.69 Å². The molecule has 1 amide bonds. The minimum Gasteiger partial charge on any atom is -0.317 e. The molecular formula is C17H19Cl2N7O. The molecule has 0 radical (unpaired) electrons. The first-order valence-corrected chi connectivity index (χ1v) is 8.81. The highest BCUT2D eigenvalue weighted by molar-refractivity contribution is 6.34. The number of piperidine rings is 1. The molecule has 1 aliphatic rings. The number of anilines is 1. The van der Waals surface area contributed by atoms with Gasteiger partial charge in [0.2, 0.25) is 0 Å². The van der Waals surface area contributed by atoms with Gasteiger partial charge in [0, 0.05) is 12.4 Å². The molecule has 0 unspecified atom stereocenters. The molecule has 3 N–H and O–H groups in total. The zero-order valence-electron chi connectivity index (χ0n) is 14.4. The van der Waals surface area contributed by atoms with Crippen molar-refractivity contribution in [3.63, 3.8) is 0 Å². The van der Waals surface area contributed by atoms with Crippen LogP contribution < -0.4 is 10.6 Å². The molecule has 0 aliphatic carbocycles. The Bertz CT molecular complexity index is 903. The standard InChI is InChI=1S/C17H18ClN7O.ClH/c18-12-10-25(11-4-7-19-8-5-11)24-15(12)17(26)22-14-9-21-23-16(14)13-3-1-2-6-20-13;/h1-3,6,9-11,19H,4-5,7-8H2,(H,21,23)(H,22,26);1H. The normalized spacial score (nSPS) is 14.6. The van der Waals surface area contributed by atoms with Crippen molar-refractivity contribution in [2.45, 2.75) is 18.9 Å². The van der Waals surface area contributed by atoms with E-state index in [1.807, 2.05) is 18.2 Å². The van der Waals surface area contributed by atoms with Crippen molar-refractivity contribution in [1.82, 2.24) is 30.3 Å². The second kappa shape index (κ2) is 8.51. The average Bonchev–Trinajstić information content (AvgIpc) is 3.30. The monoisotopic (exact) mass is 407 g/mol. The Balaban J connectivity index is 0.00000210. The smallest absolute Gasteiger partial charge is 0.277 e. The van der Waals surface area contributed by atoms with E-state index >= 15 is 0 Å². The van der Waals surface area contributed by atoms with E-state index in [1.54, 1.807) is 23.3 Å². The van der Waals surface area contributed by atoms with E-state index in [-0.39, 0.29) is 30.0 Å². The maximum Gasteiger partial charge on any atom is 0.277 e. The fourth-order valence-corrected chi connectivity index (χ4v) is 3.27. The molecule has 1 saturated heterocycles. The number of amides is 1. The summed E-state index contributed by atoms with van der Waals surface area (Å²) in [6.45, 7) is 1.87. The van der Waals surface area contributed by atoms with Crippen molar-refractivity contribution in [1.29, 1.82) is 0 Å². The third-order valence-electron chi connectivity index (χ3n) is 4.39. The van der Waals surface area contributed by atoms with Gasteiger partial charge in [0.1, 0.15) is 5.69 Å². The molecule has 0 aromatic carbocycles. The first kappa shape index (κ1) is 19.3. The van der Waals surface area contributed by atoms with Crippen LogP contribution in [-0.2, 0) is 0 Å². The fraction of sp³-hybridized carbons (Fsp3) is 0.294. The van der Waals surface area contributed by atoms with Crippen LogP contribution in [0.3, 0.4) is 0 Å². The molecule has 3 aromatic rings. The van der Waals surface area contributed by atoms with Gasteiger partial charge in [0.25, 0.3) is 5.91 Å². The van der Waals surface area contributed by atoms with E-state index in [4.69, 9.17) is 11.6 Å². The van der Waals surface area contributed by atoms with E-state index in [1.165, 1.54) is 0 Å². The number of hydrogen-bond acceptors (Lipinski definition) is 5. The van der Waals surface area contributed by atoms with Crippen molar-refractivity contribution in [3.8, 4) is 11.4 Å². The average molecular weight is 408 g/mol. The maximum atomic E-state index is 12.7. The lowest BCUT2D eigenvalue weighted by atomic mass is 10.1. The van der Waals surface area contributed by atoms with Crippen molar-refractivity contribution < 1.29 is 4.79 Å². The number of aromatic amines is 1. The first-order valence-electron chi connectivity index (χ1n) is 8.44. The highest BCUT2D eigenvalue weighted by Crippen LogP contribution is 2.26. The quantitative estimate of drug-likeness (QED) is 0.617. The van der Waals surface area contributed by atoms with Crippen molar-refractivity contribution in [2.24, 2.45) is 0 Å². The molecule has 3 aromatic heterocycles. The summed E-state index contributed by atoms with van der Waals surface area (Å²) in [6.07, 6.45) is 6.87. The zero-order valence-corrected chi connectivity index (χ0v) is 15.9. The van der Waals surface area contributed by atoms with Crippen LogP contribution in [-0.4, -0.2) is 44.0 Å². The lowest BCUT2D eigenvalue weighted by Gasteiger charge is -2.22. The Hall–Kier alpha value is -2.42. The van der Waals surface area contributed by atoms with Crippen molar-refractivity contribution in [3.05, 3.63) is 47.5 Å². The van der Waals surface area contributed by atoms with Crippen LogP contribution in [0.5, 0.6) is 0 Å². The largest absolute Gasteiger partial charge is 0.317 e. The predicted octanol–water partition coefficient (Wildman–Crippen LogP) is 2.92. The SMILES string of the molecule is Cl.O=C(Nc1cn[nH]c1-c1ccccn1)c1nn(C2CCNCC2)cc1Cl. The second-order valence-corrected chi connectivity index (χ2v) is 6.52. The second-order valence-electron chi connectivity index (χ2n) is 6.11. The Morgan fingerprint density at radius 3 is 2.85 bits per heavy atom. The summed E-state index contributed by atoms with van der Waals surface area (Å²) in [6, 6.07) is 5.79. The Kier molecular flexibility index (Phi) is 6.10. The summed E-state index contributed by atoms with van der Waals surface area (Å²) < 4.78 is 1.80. The van der Waals surface area contributed by atoms with Gasteiger partial charge in [0.05, 0.1) is 28.6 Å². The van der Waals surface area contributed by atoms with Gasteiger partial charge in [-0.15, -0.1) is 12.4 Å². The summed E-state index contributed by atoms with van der Waals surface area (Å²) in [5.74, 6) is -0.374. The minimum atomic E-state index is -0.374. The fourth-order valence-electron chi connectivity index (χ4n) is 3.05. The van der Waals surface area contributed by atoms with Crippen LogP contribution in [0.2, 0.25) is 5.02 Å². The Labute approximate surface area is 167 Å². The number of nitrogens with one attached hydrogen (secondary N) is 3. The van der Waals surface area contributed by atoms with Crippen LogP contribution in [0, 0.1) is 0 Å². The number of H-pyrrole nitrogens is 1. The molecule has 27 heavy (non-hydrogen) atoms. The number of rotatable bonds is 4. The Morgan fingerprint density at radius 1 is 1.30 bits per heavy atom. The van der Waals surface area contributed by atoms with E-state index in [2.05, 4.69) is 30.9 Å². The summed E-state index contributed by atoms with van der Waals surface area (Å²) in [4.78, 5) is 16.9. The number of aromatic nitrogens is 5. The van der Waals surface area contributed by atoms with Gasteiger partial charge in [-0.3, -0.25) is 19.6 Å². The van der Waals surface area contributed by atoms with Crippen molar-refractivity contribution in [2.75, 3.05) is 18.4 Å². The number of nitrogens with zero attached hydrogens (tertiary/aromatic N) is 4. The number of carbonyl (C=O) groups excluding carboxylic acids is 1. The summed E-state index contributed by atoms with van der Waals surface area (Å²) in [5, 5.41) is 17.7. The van der Waals surface area contributed by atoms with E-state index in [0.29, 0.717) is 22.1 Å². The van der Waals surface area contributed by atoms with E-state index < -0.39 is 0 Å². The number of carbonyl (C=O) groups is 1. The topological polar surface area (TPSA) is 101 Å². The zero-order chi connectivity index (χ0) is 17.9. The van der Waals surface area contributed by atoms with Crippen LogP contribution in [0.25, 0.3) is 11.4 Å². The first-order chi connectivity index (χ1) is 12.7. The molecule has 4 heterocycles. The predicted molar refractivity (Wildman–Crippen MR) is 105 cm³/mol. The van der Waals surface area contributed by atoms with Crippen LogP contribution in [0.4, 0.5) is 5.69 Å². The molecule has 1 aliphatic heterocycles. The third kappa shape index (κ3) is 4.13. The molecule has 10 heteroatoms. The highest BCUT2D eigenvalue weighted by atomic mass is 35.5. The Morgan fingerprint density at radius 2 is 2.11 bits per heavy atom. The van der Waals surface area contributed by atoms with Gasteiger partial charge >= 0.3 is 0 Å². The molecule has 1 fully saturated rings. The molecule has 0 bridgehead atoms. The van der Waals surface area contributed by atoms with Gasteiger partial charge in [-0.1, -0.05) is 17.7 Å². The van der Waals surface area contributed by atoms with E-state index in [0.717, 1.165) is 25.9 Å². The number of hydrogen-bond donors (Lipinski definition) is 3. The molecular weight excluding hydrogens is 389 g/mol. The lowest BCUT2D eigenvalue weighted by molar-refractivity contribution is 0.102. The molecule has 4 rings (SSSR count). The molecule has 0 saturated carbocycles. The third-order valence-corrected chi connectivity index (χ3v) is 4.67. The van der Waals surface area contributed by atoms with Crippen LogP contribution in [0.1, 0.15) is 29.4 Å². The van der Waals surface area contributed by atoms with Crippen LogP contribution in [0.15, 0.2) is 36.8 Å². The summed E-state index contributed by atoms with van der Waals surface area (Å²) >= 11 is 6.26. The number of pyridine rings is 1. The number of halogens is 2. The highest BCUT2D eigenvalue weighted by Gasteiger charge is 2.22. The maximum absolute atomic E-state index is 12.7. The summed E-state index contributed by atoms with van der Waals surface area (Å²) in [7, 11) is 0. The van der Waals surface area contributed by atoms with E-state index in [9.17, 15) is 4.79 Å². The van der Waals surface area contributed by atoms with Gasteiger partial charge in [-0.2, -0.15) is 10.2 Å². The molecule has 0 spiro atoms. The molecule has 0 atom stereocenters. The molecule has 142 valence electrons.